The molecule has 1 aromatic heterocycles. The van der Waals surface area contributed by atoms with Gasteiger partial charge in [-0.3, -0.25) is 0 Å². The van der Waals surface area contributed by atoms with Crippen LogP contribution in [0.1, 0.15) is 25.3 Å². The van der Waals surface area contributed by atoms with Crippen molar-refractivity contribution in [3.05, 3.63) is 30.6 Å². The fourth-order valence-electron chi connectivity index (χ4n) is 4.88. The summed E-state index contributed by atoms with van der Waals surface area (Å²) in [6.07, 6.45) is 3.89. The van der Waals surface area contributed by atoms with Crippen LogP contribution >= 0.6 is 0 Å². The molecule has 4 rings (SSSR count). The van der Waals surface area contributed by atoms with E-state index in [1.807, 2.05) is 24.5 Å². The van der Waals surface area contributed by atoms with Gasteiger partial charge in [-0.1, -0.05) is 12.1 Å². The van der Waals surface area contributed by atoms with E-state index in [9.17, 15) is 13.5 Å². The van der Waals surface area contributed by atoms with Crippen molar-refractivity contribution >= 4 is 21.1 Å². The Morgan fingerprint density at radius 3 is 2.64 bits per heavy atom. The Bertz CT molecular complexity index is 926. The largest absolute Gasteiger partial charge is 0.391 e. The fourth-order valence-corrected chi connectivity index (χ4v) is 5.74. The van der Waals surface area contributed by atoms with Crippen molar-refractivity contribution in [2.75, 3.05) is 39.5 Å². The summed E-state index contributed by atoms with van der Waals surface area (Å²) in [4.78, 5) is 6.86. The van der Waals surface area contributed by atoms with Gasteiger partial charge in [0.15, 0.2) is 0 Å². The number of nitrogens with zero attached hydrogens (tertiary/aromatic N) is 4. The Balaban J connectivity index is 1.39. The second-order valence-electron chi connectivity index (χ2n) is 8.48. The standard InChI is InChI=1S/C20H30N4O3S/c1-22(2)28(26,27)9-5-8-23-12-15-10-19(20(25)11-16(15)13-23)24-14-21-17-6-3-4-7-18(17)24/h3-4,6-7,14-16,19-20,25H,5,8-13H2,1-2H3/t15-,16+,19-,20-/m1/s1. The fraction of sp³-hybridized carbons (Fsp3) is 0.650. The zero-order chi connectivity index (χ0) is 19.9. The van der Waals surface area contributed by atoms with Gasteiger partial charge in [-0.25, -0.2) is 17.7 Å². The first-order valence-corrected chi connectivity index (χ1v) is 11.7. The molecule has 2 aromatic rings. The minimum atomic E-state index is -3.13. The van der Waals surface area contributed by atoms with Crippen LogP contribution in [-0.2, 0) is 10.0 Å². The van der Waals surface area contributed by atoms with E-state index in [0.717, 1.165) is 43.5 Å². The van der Waals surface area contributed by atoms with Crippen LogP contribution in [0.3, 0.4) is 0 Å². The number of likely N-dealkylation sites (tertiary alicyclic amines) is 1. The quantitative estimate of drug-likeness (QED) is 0.788. The number of benzene rings is 1. The van der Waals surface area contributed by atoms with Gasteiger partial charge in [-0.2, -0.15) is 0 Å². The van der Waals surface area contributed by atoms with Gasteiger partial charge in [0.05, 0.1) is 35.3 Å². The molecular weight excluding hydrogens is 376 g/mol. The minimum absolute atomic E-state index is 0.0581. The molecule has 28 heavy (non-hydrogen) atoms. The van der Waals surface area contributed by atoms with Gasteiger partial charge < -0.3 is 14.6 Å². The maximum atomic E-state index is 11.9. The average molecular weight is 407 g/mol. The van der Waals surface area contributed by atoms with E-state index in [2.05, 4.69) is 20.5 Å². The molecule has 0 unspecified atom stereocenters. The lowest BCUT2D eigenvalue weighted by atomic mass is 9.77. The number of hydrogen-bond acceptors (Lipinski definition) is 5. The van der Waals surface area contributed by atoms with Gasteiger partial charge in [-0.05, 0) is 49.8 Å². The molecule has 1 aliphatic carbocycles. The Morgan fingerprint density at radius 2 is 1.89 bits per heavy atom. The van der Waals surface area contributed by atoms with Crippen molar-refractivity contribution in [2.45, 2.75) is 31.4 Å². The average Bonchev–Trinajstić information content (AvgIpc) is 3.24. The molecule has 1 N–H and O–H groups in total. The van der Waals surface area contributed by atoms with E-state index in [1.165, 1.54) is 4.31 Å². The van der Waals surface area contributed by atoms with Crippen LogP contribution in [-0.4, -0.2) is 77.9 Å². The van der Waals surface area contributed by atoms with Crippen molar-refractivity contribution in [3.8, 4) is 0 Å². The molecule has 0 spiro atoms. The van der Waals surface area contributed by atoms with E-state index in [1.54, 1.807) is 14.1 Å². The van der Waals surface area contributed by atoms with Gasteiger partial charge in [0.25, 0.3) is 0 Å². The molecule has 0 amide bonds. The highest BCUT2D eigenvalue weighted by Crippen LogP contribution is 2.42. The summed E-state index contributed by atoms with van der Waals surface area (Å²) in [5.74, 6) is 1.23. The third-order valence-corrected chi connectivity index (χ3v) is 8.37. The second-order valence-corrected chi connectivity index (χ2v) is 10.8. The lowest BCUT2D eigenvalue weighted by Crippen LogP contribution is -2.36. The first-order chi connectivity index (χ1) is 13.3. The van der Waals surface area contributed by atoms with Crippen molar-refractivity contribution in [1.82, 2.24) is 18.8 Å². The molecule has 7 nitrogen and oxygen atoms in total. The summed E-state index contributed by atoms with van der Waals surface area (Å²) in [6.45, 7) is 2.75. The third-order valence-electron chi connectivity index (χ3n) is 6.46. The van der Waals surface area contributed by atoms with E-state index in [4.69, 9.17) is 0 Å². The van der Waals surface area contributed by atoms with Crippen molar-refractivity contribution < 1.29 is 13.5 Å². The highest BCUT2D eigenvalue weighted by Gasteiger charge is 2.42. The van der Waals surface area contributed by atoms with E-state index in [-0.39, 0.29) is 17.9 Å². The molecule has 2 heterocycles. The normalized spacial score (nSPS) is 28.9. The van der Waals surface area contributed by atoms with Gasteiger partial charge >= 0.3 is 0 Å². The Kier molecular flexibility index (Phi) is 5.48. The van der Waals surface area contributed by atoms with E-state index >= 15 is 0 Å². The predicted octanol–water partition coefficient (Wildman–Crippen LogP) is 1.56. The highest BCUT2D eigenvalue weighted by atomic mass is 32.2. The molecule has 4 atom stereocenters. The monoisotopic (exact) mass is 406 g/mol. The lowest BCUT2D eigenvalue weighted by molar-refractivity contribution is 0.0374. The van der Waals surface area contributed by atoms with Crippen molar-refractivity contribution in [3.63, 3.8) is 0 Å². The van der Waals surface area contributed by atoms with Gasteiger partial charge in [-0.15, -0.1) is 0 Å². The second kappa shape index (κ2) is 7.74. The molecule has 154 valence electrons. The van der Waals surface area contributed by atoms with Crippen LogP contribution in [0.25, 0.3) is 11.0 Å². The Hall–Kier alpha value is -1.48. The number of sulfonamides is 1. The zero-order valence-corrected chi connectivity index (χ0v) is 17.4. The number of para-hydroxylation sites is 2. The number of aliphatic hydroxyl groups excluding tert-OH is 1. The van der Waals surface area contributed by atoms with Crippen molar-refractivity contribution in [2.24, 2.45) is 11.8 Å². The molecule has 1 saturated heterocycles. The molecule has 1 saturated carbocycles. The first-order valence-electron chi connectivity index (χ1n) is 10.1. The smallest absolute Gasteiger partial charge is 0.213 e. The molecule has 0 radical (unpaired) electrons. The van der Waals surface area contributed by atoms with Gasteiger partial charge in [0, 0.05) is 27.2 Å². The predicted molar refractivity (Wildman–Crippen MR) is 110 cm³/mol. The number of aromatic nitrogens is 2. The third kappa shape index (κ3) is 3.83. The van der Waals surface area contributed by atoms with Gasteiger partial charge in [0.2, 0.25) is 10.0 Å². The van der Waals surface area contributed by atoms with Crippen LogP contribution in [0.5, 0.6) is 0 Å². The number of imidazole rings is 1. The summed E-state index contributed by atoms with van der Waals surface area (Å²) < 4.78 is 27.3. The number of rotatable bonds is 6. The van der Waals surface area contributed by atoms with Crippen LogP contribution in [0, 0.1) is 11.8 Å². The number of fused-ring (bicyclic) bond motifs is 2. The van der Waals surface area contributed by atoms with Crippen molar-refractivity contribution in [1.29, 1.82) is 0 Å². The summed E-state index contributed by atoms with van der Waals surface area (Å²) in [7, 11) is 0.0415. The topological polar surface area (TPSA) is 78.7 Å². The maximum Gasteiger partial charge on any atom is 0.213 e. The molecule has 2 aliphatic rings. The summed E-state index contributed by atoms with van der Waals surface area (Å²) in [6, 6.07) is 8.12. The first kappa shape index (κ1) is 19.8. The number of hydrogen-bond donors (Lipinski definition) is 1. The highest BCUT2D eigenvalue weighted by molar-refractivity contribution is 7.89. The summed E-state index contributed by atoms with van der Waals surface area (Å²) >= 11 is 0. The molecule has 2 fully saturated rings. The van der Waals surface area contributed by atoms with Gasteiger partial charge in [0.1, 0.15) is 0 Å². The molecule has 0 bridgehead atoms. The van der Waals surface area contributed by atoms with Crippen LogP contribution in [0.4, 0.5) is 0 Å². The molecule has 1 aliphatic heterocycles. The minimum Gasteiger partial charge on any atom is -0.391 e. The SMILES string of the molecule is CN(C)S(=O)(=O)CCCN1C[C@H]2C[C@@H](n3cnc4ccccc43)[C@H](O)C[C@H]2C1. The zero-order valence-electron chi connectivity index (χ0n) is 16.6. The Morgan fingerprint density at radius 1 is 1.18 bits per heavy atom. The van der Waals surface area contributed by atoms with Crippen LogP contribution in [0.2, 0.25) is 0 Å². The molecule has 8 heteroatoms. The maximum absolute atomic E-state index is 11.9. The molecule has 1 aromatic carbocycles. The van der Waals surface area contributed by atoms with Crippen LogP contribution < -0.4 is 0 Å². The molecular formula is C20H30N4O3S. The summed E-state index contributed by atoms with van der Waals surface area (Å²) in [5, 5.41) is 10.8. The van der Waals surface area contributed by atoms with E-state index in [0.29, 0.717) is 18.3 Å². The number of aliphatic hydroxyl groups is 1. The summed E-state index contributed by atoms with van der Waals surface area (Å²) in [5.41, 5.74) is 2.04. The van der Waals surface area contributed by atoms with Crippen LogP contribution in [0.15, 0.2) is 30.6 Å². The van der Waals surface area contributed by atoms with E-state index < -0.39 is 10.0 Å². The Labute approximate surface area is 167 Å². The lowest BCUT2D eigenvalue weighted by Gasteiger charge is -2.36.